The van der Waals surface area contributed by atoms with E-state index in [9.17, 15) is 4.79 Å². The number of carbonyl (C=O) groups excluding carboxylic acids is 1. The van der Waals surface area contributed by atoms with E-state index in [1.807, 2.05) is 0 Å². The van der Waals surface area contributed by atoms with Crippen molar-refractivity contribution in [2.45, 2.75) is 0 Å². The van der Waals surface area contributed by atoms with Crippen molar-refractivity contribution < 1.29 is 14.3 Å². The van der Waals surface area contributed by atoms with Gasteiger partial charge in [-0.15, -0.1) is 0 Å². The summed E-state index contributed by atoms with van der Waals surface area (Å²) in [6, 6.07) is 10.5. The Hall–Kier alpha value is -2.36. The molecule has 0 aliphatic rings. The SMILES string of the molecule is O=Cc1ccc(OCCOc2ccncc2)cc1. The van der Waals surface area contributed by atoms with Gasteiger partial charge in [-0.25, -0.2) is 0 Å². The maximum atomic E-state index is 10.5. The Morgan fingerprint density at radius 2 is 1.44 bits per heavy atom. The molecular weight excluding hydrogens is 230 g/mol. The Morgan fingerprint density at radius 1 is 0.889 bits per heavy atom. The minimum absolute atomic E-state index is 0.447. The zero-order valence-electron chi connectivity index (χ0n) is 9.78. The molecule has 4 nitrogen and oxygen atoms in total. The van der Waals surface area contributed by atoms with Crippen molar-refractivity contribution in [2.24, 2.45) is 0 Å². The highest BCUT2D eigenvalue weighted by Gasteiger charge is 1.96. The number of aldehydes is 1. The van der Waals surface area contributed by atoms with Gasteiger partial charge in [-0.05, 0) is 36.4 Å². The third-order valence-corrected chi connectivity index (χ3v) is 2.29. The first-order valence-electron chi connectivity index (χ1n) is 5.59. The number of carbonyl (C=O) groups is 1. The van der Waals surface area contributed by atoms with Gasteiger partial charge in [0.25, 0.3) is 0 Å². The third kappa shape index (κ3) is 3.59. The van der Waals surface area contributed by atoms with E-state index in [2.05, 4.69) is 4.98 Å². The summed E-state index contributed by atoms with van der Waals surface area (Å²) in [6.07, 6.45) is 4.15. The second-order valence-corrected chi connectivity index (χ2v) is 3.57. The fourth-order valence-corrected chi connectivity index (χ4v) is 1.40. The van der Waals surface area contributed by atoms with Crippen LogP contribution in [0.15, 0.2) is 48.8 Å². The highest BCUT2D eigenvalue weighted by molar-refractivity contribution is 5.74. The Balaban J connectivity index is 1.73. The molecule has 0 radical (unpaired) electrons. The van der Waals surface area contributed by atoms with E-state index in [1.54, 1.807) is 48.8 Å². The van der Waals surface area contributed by atoms with E-state index < -0.39 is 0 Å². The lowest BCUT2D eigenvalue weighted by Crippen LogP contribution is -2.08. The molecule has 2 aromatic rings. The van der Waals surface area contributed by atoms with Crippen LogP contribution >= 0.6 is 0 Å². The van der Waals surface area contributed by atoms with Gasteiger partial charge in [-0.2, -0.15) is 0 Å². The Morgan fingerprint density at radius 3 is 2.00 bits per heavy atom. The Bertz CT molecular complexity index is 482. The van der Waals surface area contributed by atoms with Crippen LogP contribution in [-0.4, -0.2) is 24.5 Å². The lowest BCUT2D eigenvalue weighted by Gasteiger charge is -2.08. The first-order chi connectivity index (χ1) is 8.88. The average Bonchev–Trinajstić information content (AvgIpc) is 2.45. The molecular formula is C14H13NO3. The normalized spacial score (nSPS) is 9.78. The van der Waals surface area contributed by atoms with Gasteiger partial charge in [-0.3, -0.25) is 9.78 Å². The number of rotatable bonds is 6. The van der Waals surface area contributed by atoms with E-state index in [-0.39, 0.29) is 0 Å². The summed E-state index contributed by atoms with van der Waals surface area (Å²) in [5.41, 5.74) is 0.635. The number of ether oxygens (including phenoxy) is 2. The van der Waals surface area contributed by atoms with Crippen molar-refractivity contribution in [1.29, 1.82) is 0 Å². The van der Waals surface area contributed by atoms with Crippen molar-refractivity contribution in [1.82, 2.24) is 4.98 Å². The van der Waals surface area contributed by atoms with Gasteiger partial charge in [0, 0.05) is 18.0 Å². The van der Waals surface area contributed by atoms with Crippen LogP contribution in [0.2, 0.25) is 0 Å². The summed E-state index contributed by atoms with van der Waals surface area (Å²) in [5, 5.41) is 0. The summed E-state index contributed by atoms with van der Waals surface area (Å²) in [5.74, 6) is 1.49. The molecule has 0 aliphatic heterocycles. The highest BCUT2D eigenvalue weighted by Crippen LogP contribution is 2.11. The van der Waals surface area contributed by atoms with Crippen LogP contribution in [0.4, 0.5) is 0 Å². The molecule has 0 spiro atoms. The van der Waals surface area contributed by atoms with E-state index >= 15 is 0 Å². The second-order valence-electron chi connectivity index (χ2n) is 3.57. The Labute approximate surface area is 105 Å². The van der Waals surface area contributed by atoms with E-state index in [0.29, 0.717) is 18.8 Å². The first-order valence-corrected chi connectivity index (χ1v) is 5.59. The van der Waals surface area contributed by atoms with Crippen LogP contribution in [0.25, 0.3) is 0 Å². The van der Waals surface area contributed by atoms with E-state index in [1.165, 1.54) is 0 Å². The topological polar surface area (TPSA) is 48.4 Å². The van der Waals surface area contributed by atoms with Crippen LogP contribution in [-0.2, 0) is 0 Å². The Kier molecular flexibility index (Phi) is 4.30. The number of nitrogens with zero attached hydrogens (tertiary/aromatic N) is 1. The molecule has 2 rings (SSSR count). The van der Waals surface area contributed by atoms with Gasteiger partial charge in [-0.1, -0.05) is 0 Å². The zero-order valence-corrected chi connectivity index (χ0v) is 9.78. The van der Waals surface area contributed by atoms with E-state index in [4.69, 9.17) is 9.47 Å². The molecule has 1 heterocycles. The number of benzene rings is 1. The van der Waals surface area contributed by atoms with Crippen LogP contribution in [0.5, 0.6) is 11.5 Å². The quantitative estimate of drug-likeness (QED) is 0.577. The fourth-order valence-electron chi connectivity index (χ4n) is 1.40. The largest absolute Gasteiger partial charge is 0.490 e. The zero-order chi connectivity index (χ0) is 12.6. The van der Waals surface area contributed by atoms with Crippen LogP contribution in [0.3, 0.4) is 0 Å². The average molecular weight is 243 g/mol. The molecule has 4 heteroatoms. The monoisotopic (exact) mass is 243 g/mol. The molecule has 92 valence electrons. The molecule has 0 N–H and O–H groups in total. The standard InChI is InChI=1S/C14H13NO3/c16-11-12-1-3-13(4-2-12)17-9-10-18-14-5-7-15-8-6-14/h1-8,11H,9-10H2. The molecule has 0 saturated carbocycles. The molecule has 0 bridgehead atoms. The summed E-state index contributed by atoms with van der Waals surface area (Å²) < 4.78 is 10.9. The molecule has 0 fully saturated rings. The summed E-state index contributed by atoms with van der Waals surface area (Å²) in [6.45, 7) is 0.905. The molecule has 1 aromatic carbocycles. The maximum Gasteiger partial charge on any atom is 0.150 e. The highest BCUT2D eigenvalue weighted by atomic mass is 16.5. The van der Waals surface area contributed by atoms with Crippen molar-refractivity contribution in [3.63, 3.8) is 0 Å². The predicted molar refractivity (Wildman–Crippen MR) is 67.1 cm³/mol. The first kappa shape index (κ1) is 12.1. The van der Waals surface area contributed by atoms with Gasteiger partial charge in [0.1, 0.15) is 31.0 Å². The number of pyridine rings is 1. The molecule has 0 saturated heterocycles. The smallest absolute Gasteiger partial charge is 0.150 e. The van der Waals surface area contributed by atoms with Crippen LogP contribution < -0.4 is 9.47 Å². The maximum absolute atomic E-state index is 10.5. The van der Waals surface area contributed by atoms with Crippen LogP contribution in [0, 0.1) is 0 Å². The van der Waals surface area contributed by atoms with E-state index in [0.717, 1.165) is 17.8 Å². The molecule has 1 aromatic heterocycles. The van der Waals surface area contributed by atoms with Gasteiger partial charge in [0.2, 0.25) is 0 Å². The van der Waals surface area contributed by atoms with Crippen molar-refractivity contribution in [3.8, 4) is 11.5 Å². The third-order valence-electron chi connectivity index (χ3n) is 2.29. The van der Waals surface area contributed by atoms with Gasteiger partial charge in [0.15, 0.2) is 0 Å². The number of hydrogen-bond donors (Lipinski definition) is 0. The number of hydrogen-bond acceptors (Lipinski definition) is 4. The predicted octanol–water partition coefficient (Wildman–Crippen LogP) is 2.35. The van der Waals surface area contributed by atoms with Gasteiger partial charge in [0.05, 0.1) is 0 Å². The summed E-state index contributed by atoms with van der Waals surface area (Å²) in [4.78, 5) is 14.4. The molecule has 0 aliphatic carbocycles. The van der Waals surface area contributed by atoms with Crippen molar-refractivity contribution in [3.05, 3.63) is 54.4 Å². The number of aromatic nitrogens is 1. The molecule has 18 heavy (non-hydrogen) atoms. The van der Waals surface area contributed by atoms with Crippen molar-refractivity contribution in [2.75, 3.05) is 13.2 Å². The molecule has 0 unspecified atom stereocenters. The lowest BCUT2D eigenvalue weighted by atomic mass is 10.2. The molecule has 0 atom stereocenters. The minimum atomic E-state index is 0.447. The fraction of sp³-hybridized carbons (Fsp3) is 0.143. The lowest BCUT2D eigenvalue weighted by molar-refractivity contribution is 0.112. The summed E-state index contributed by atoms with van der Waals surface area (Å²) in [7, 11) is 0. The van der Waals surface area contributed by atoms with Crippen LogP contribution in [0.1, 0.15) is 10.4 Å². The second kappa shape index (κ2) is 6.39. The van der Waals surface area contributed by atoms with Gasteiger partial charge < -0.3 is 9.47 Å². The summed E-state index contributed by atoms with van der Waals surface area (Å²) >= 11 is 0. The van der Waals surface area contributed by atoms with Gasteiger partial charge >= 0.3 is 0 Å². The minimum Gasteiger partial charge on any atom is -0.490 e. The molecule has 0 amide bonds. The van der Waals surface area contributed by atoms with Crippen molar-refractivity contribution >= 4 is 6.29 Å².